The summed E-state index contributed by atoms with van der Waals surface area (Å²) in [5, 5.41) is 8.94. The van der Waals surface area contributed by atoms with Crippen LogP contribution in [0.15, 0.2) is 30.3 Å². The van der Waals surface area contributed by atoms with Gasteiger partial charge in [-0.15, -0.1) is 0 Å². The van der Waals surface area contributed by atoms with Crippen molar-refractivity contribution in [2.24, 2.45) is 5.41 Å². The highest BCUT2D eigenvalue weighted by Crippen LogP contribution is 2.28. The van der Waals surface area contributed by atoms with Crippen LogP contribution >= 0.6 is 15.9 Å². The van der Waals surface area contributed by atoms with Crippen LogP contribution in [-0.4, -0.2) is 16.7 Å². The molecule has 0 aliphatic heterocycles. The van der Waals surface area contributed by atoms with Gasteiger partial charge in [0.2, 0.25) is 0 Å². The second-order valence-corrected chi connectivity index (χ2v) is 4.73. The van der Waals surface area contributed by atoms with Crippen LogP contribution in [-0.2, 0) is 0 Å². The first-order valence-electron chi connectivity index (χ1n) is 4.53. The van der Waals surface area contributed by atoms with Crippen molar-refractivity contribution in [1.82, 2.24) is 0 Å². The molecule has 1 N–H and O–H groups in total. The summed E-state index contributed by atoms with van der Waals surface area (Å²) >= 11 is 3.41. The van der Waals surface area contributed by atoms with Gasteiger partial charge in [-0.3, -0.25) is 0 Å². The summed E-state index contributed by atoms with van der Waals surface area (Å²) < 4.78 is 5.63. The lowest BCUT2D eigenvalue weighted by Crippen LogP contribution is -2.32. The van der Waals surface area contributed by atoms with E-state index in [9.17, 15) is 0 Å². The van der Waals surface area contributed by atoms with Gasteiger partial charge in [-0.2, -0.15) is 0 Å². The molecule has 0 heterocycles. The number of hydrogen-bond acceptors (Lipinski definition) is 2. The SMILES string of the molecule is CC(C)(CO)C(Br)Oc1ccccc1. The molecule has 1 rings (SSSR count). The van der Waals surface area contributed by atoms with Crippen molar-refractivity contribution < 1.29 is 9.84 Å². The number of benzene rings is 1. The molecule has 78 valence electrons. The Morgan fingerprint density at radius 3 is 2.43 bits per heavy atom. The maximum atomic E-state index is 9.13. The van der Waals surface area contributed by atoms with E-state index in [0.717, 1.165) is 5.75 Å². The minimum atomic E-state index is -0.296. The highest BCUT2D eigenvalue weighted by atomic mass is 79.9. The standard InChI is InChI=1S/C11H15BrO2/c1-11(2,8-13)10(12)14-9-6-4-3-5-7-9/h3-7,10,13H,8H2,1-2H3. The number of aliphatic hydroxyl groups excluding tert-OH is 1. The molecule has 0 amide bonds. The van der Waals surface area contributed by atoms with Crippen molar-refractivity contribution in [3.05, 3.63) is 30.3 Å². The van der Waals surface area contributed by atoms with E-state index in [2.05, 4.69) is 15.9 Å². The first kappa shape index (κ1) is 11.5. The number of para-hydroxylation sites is 1. The first-order chi connectivity index (χ1) is 6.56. The third kappa shape index (κ3) is 3.00. The Kier molecular flexibility index (Phi) is 3.96. The van der Waals surface area contributed by atoms with Gasteiger partial charge in [-0.05, 0) is 28.1 Å². The minimum absolute atomic E-state index is 0.0791. The van der Waals surface area contributed by atoms with E-state index < -0.39 is 0 Å². The van der Waals surface area contributed by atoms with E-state index in [0.29, 0.717) is 0 Å². The molecule has 0 aromatic heterocycles. The molecule has 0 bridgehead atoms. The van der Waals surface area contributed by atoms with Crippen molar-refractivity contribution in [3.8, 4) is 5.75 Å². The van der Waals surface area contributed by atoms with Crippen LogP contribution in [0.4, 0.5) is 0 Å². The number of halogens is 1. The van der Waals surface area contributed by atoms with Gasteiger partial charge >= 0.3 is 0 Å². The van der Waals surface area contributed by atoms with E-state index in [1.165, 1.54) is 0 Å². The fourth-order valence-corrected chi connectivity index (χ4v) is 1.21. The predicted molar refractivity (Wildman–Crippen MR) is 60.7 cm³/mol. The third-order valence-electron chi connectivity index (χ3n) is 2.00. The highest BCUT2D eigenvalue weighted by molar-refractivity contribution is 9.09. The molecular weight excluding hydrogens is 244 g/mol. The lowest BCUT2D eigenvalue weighted by atomic mass is 9.96. The van der Waals surface area contributed by atoms with Gasteiger partial charge in [0.15, 0.2) is 5.01 Å². The fourth-order valence-electron chi connectivity index (χ4n) is 0.850. The van der Waals surface area contributed by atoms with E-state index in [4.69, 9.17) is 9.84 Å². The van der Waals surface area contributed by atoms with Crippen LogP contribution in [0.3, 0.4) is 0 Å². The molecule has 1 aromatic carbocycles. The Morgan fingerprint density at radius 2 is 1.93 bits per heavy atom. The summed E-state index contributed by atoms with van der Waals surface area (Å²) in [6.45, 7) is 3.96. The topological polar surface area (TPSA) is 29.5 Å². The summed E-state index contributed by atoms with van der Waals surface area (Å²) in [6.07, 6.45) is 0. The Balaban J connectivity index is 2.62. The van der Waals surface area contributed by atoms with E-state index in [1.807, 2.05) is 44.2 Å². The number of hydrogen-bond donors (Lipinski definition) is 1. The molecular formula is C11H15BrO2. The zero-order valence-electron chi connectivity index (χ0n) is 8.40. The summed E-state index contributed by atoms with van der Waals surface area (Å²) in [6, 6.07) is 9.55. The lowest BCUT2D eigenvalue weighted by Gasteiger charge is -2.28. The molecule has 14 heavy (non-hydrogen) atoms. The molecule has 2 nitrogen and oxygen atoms in total. The Labute approximate surface area is 93.0 Å². The minimum Gasteiger partial charge on any atom is -0.479 e. The van der Waals surface area contributed by atoms with Crippen molar-refractivity contribution in [2.75, 3.05) is 6.61 Å². The number of aliphatic hydroxyl groups is 1. The van der Waals surface area contributed by atoms with Crippen molar-refractivity contribution >= 4 is 15.9 Å². The van der Waals surface area contributed by atoms with Crippen LogP contribution in [0.5, 0.6) is 5.75 Å². The predicted octanol–water partition coefficient (Wildman–Crippen LogP) is 2.80. The number of ether oxygens (including phenoxy) is 1. The van der Waals surface area contributed by atoms with Gasteiger partial charge in [0.25, 0.3) is 0 Å². The molecule has 3 heteroatoms. The highest BCUT2D eigenvalue weighted by Gasteiger charge is 2.28. The van der Waals surface area contributed by atoms with Crippen LogP contribution in [0.1, 0.15) is 13.8 Å². The molecule has 0 saturated heterocycles. The molecule has 0 spiro atoms. The Morgan fingerprint density at radius 1 is 1.36 bits per heavy atom. The second-order valence-electron chi connectivity index (χ2n) is 3.89. The maximum absolute atomic E-state index is 9.13. The quantitative estimate of drug-likeness (QED) is 0.842. The van der Waals surface area contributed by atoms with Crippen molar-refractivity contribution in [2.45, 2.75) is 18.9 Å². The van der Waals surface area contributed by atoms with Crippen molar-refractivity contribution in [3.63, 3.8) is 0 Å². The van der Waals surface area contributed by atoms with Gasteiger partial charge in [-0.1, -0.05) is 32.0 Å². The van der Waals surface area contributed by atoms with Gasteiger partial charge in [-0.25, -0.2) is 0 Å². The molecule has 1 unspecified atom stereocenters. The molecule has 0 fully saturated rings. The zero-order valence-corrected chi connectivity index (χ0v) is 9.99. The van der Waals surface area contributed by atoms with E-state index in [1.54, 1.807) is 0 Å². The summed E-state index contributed by atoms with van der Waals surface area (Å²) in [5.41, 5.74) is -0.296. The molecule has 1 atom stereocenters. The van der Waals surface area contributed by atoms with Crippen LogP contribution in [0.2, 0.25) is 0 Å². The average molecular weight is 259 g/mol. The largest absolute Gasteiger partial charge is 0.479 e. The second kappa shape index (κ2) is 4.80. The number of rotatable bonds is 4. The lowest BCUT2D eigenvalue weighted by molar-refractivity contribution is 0.0810. The van der Waals surface area contributed by atoms with Gasteiger partial charge in [0.05, 0.1) is 6.61 Å². The monoisotopic (exact) mass is 258 g/mol. The Bertz CT molecular complexity index is 272. The molecule has 0 aliphatic rings. The van der Waals surface area contributed by atoms with E-state index in [-0.39, 0.29) is 17.0 Å². The normalized spacial score (nSPS) is 13.7. The maximum Gasteiger partial charge on any atom is 0.160 e. The van der Waals surface area contributed by atoms with Gasteiger partial charge in [0.1, 0.15) is 5.75 Å². The Hall–Kier alpha value is -0.540. The van der Waals surface area contributed by atoms with Crippen LogP contribution in [0, 0.1) is 5.41 Å². The molecule has 1 aromatic rings. The number of alkyl halides is 1. The molecule has 0 saturated carbocycles. The van der Waals surface area contributed by atoms with E-state index >= 15 is 0 Å². The van der Waals surface area contributed by atoms with Gasteiger partial charge < -0.3 is 9.84 Å². The average Bonchev–Trinajstić information content (AvgIpc) is 2.19. The van der Waals surface area contributed by atoms with Crippen molar-refractivity contribution in [1.29, 1.82) is 0 Å². The molecule has 0 radical (unpaired) electrons. The molecule has 0 aliphatic carbocycles. The summed E-state index contributed by atoms with van der Waals surface area (Å²) in [5.74, 6) is 0.802. The smallest absolute Gasteiger partial charge is 0.160 e. The zero-order chi connectivity index (χ0) is 10.6. The van der Waals surface area contributed by atoms with Crippen LogP contribution < -0.4 is 4.74 Å². The van der Waals surface area contributed by atoms with Gasteiger partial charge in [0, 0.05) is 5.41 Å². The first-order valence-corrected chi connectivity index (χ1v) is 5.44. The summed E-state index contributed by atoms with van der Waals surface area (Å²) in [7, 11) is 0. The fraction of sp³-hybridized carbons (Fsp3) is 0.455. The third-order valence-corrected chi connectivity index (χ3v) is 3.43. The van der Waals surface area contributed by atoms with Crippen LogP contribution in [0.25, 0.3) is 0 Å². The summed E-state index contributed by atoms with van der Waals surface area (Å²) in [4.78, 5) is 0.